The minimum Gasteiger partial charge on any atom is -0.390 e. The van der Waals surface area contributed by atoms with Gasteiger partial charge in [-0.2, -0.15) is 0 Å². The Kier molecular flexibility index (Phi) is 11.9. The summed E-state index contributed by atoms with van der Waals surface area (Å²) in [5.41, 5.74) is 0. The summed E-state index contributed by atoms with van der Waals surface area (Å²) in [7, 11) is 0. The van der Waals surface area contributed by atoms with E-state index < -0.39 is 12.2 Å². The van der Waals surface area contributed by atoms with Gasteiger partial charge in [0, 0.05) is 0 Å². The standard InChI is InChI=1S/C16H34O2/c1-4-7-9-10-11-13-15(17)16(18)14(6-3)12-8-5-2/h14-18H,4-13H2,1-3H3. The highest BCUT2D eigenvalue weighted by molar-refractivity contribution is 4.75. The number of hydrogen-bond acceptors (Lipinski definition) is 2. The first kappa shape index (κ1) is 17.9. The molecule has 0 amide bonds. The van der Waals surface area contributed by atoms with Crippen molar-refractivity contribution in [2.24, 2.45) is 5.92 Å². The van der Waals surface area contributed by atoms with Crippen molar-refractivity contribution in [3.05, 3.63) is 0 Å². The summed E-state index contributed by atoms with van der Waals surface area (Å²) in [5, 5.41) is 20.2. The van der Waals surface area contributed by atoms with Crippen LogP contribution in [0, 0.1) is 5.92 Å². The molecule has 0 aromatic heterocycles. The minimum absolute atomic E-state index is 0.274. The van der Waals surface area contributed by atoms with Gasteiger partial charge in [0.05, 0.1) is 12.2 Å². The van der Waals surface area contributed by atoms with E-state index in [4.69, 9.17) is 0 Å². The Morgan fingerprint density at radius 2 is 1.33 bits per heavy atom. The summed E-state index contributed by atoms with van der Waals surface area (Å²) < 4.78 is 0. The van der Waals surface area contributed by atoms with Crippen LogP contribution in [0.4, 0.5) is 0 Å². The van der Waals surface area contributed by atoms with Crippen LogP contribution in [0.1, 0.15) is 85.0 Å². The largest absolute Gasteiger partial charge is 0.390 e. The fourth-order valence-corrected chi connectivity index (χ4v) is 2.52. The lowest BCUT2D eigenvalue weighted by Gasteiger charge is -2.26. The van der Waals surface area contributed by atoms with E-state index in [0.717, 1.165) is 38.5 Å². The molecule has 0 saturated carbocycles. The van der Waals surface area contributed by atoms with E-state index >= 15 is 0 Å². The zero-order valence-electron chi connectivity index (χ0n) is 12.7. The normalized spacial score (nSPS) is 16.5. The van der Waals surface area contributed by atoms with Gasteiger partial charge < -0.3 is 10.2 Å². The maximum Gasteiger partial charge on any atom is 0.0827 e. The summed E-state index contributed by atoms with van der Waals surface area (Å²) in [6, 6.07) is 0. The van der Waals surface area contributed by atoms with E-state index in [9.17, 15) is 10.2 Å². The second-order valence-corrected chi connectivity index (χ2v) is 5.57. The first-order valence-electron chi connectivity index (χ1n) is 8.03. The van der Waals surface area contributed by atoms with Gasteiger partial charge in [0.2, 0.25) is 0 Å². The van der Waals surface area contributed by atoms with Gasteiger partial charge in [0.15, 0.2) is 0 Å². The first-order chi connectivity index (χ1) is 8.67. The van der Waals surface area contributed by atoms with Crippen molar-refractivity contribution < 1.29 is 10.2 Å². The third-order valence-electron chi connectivity index (χ3n) is 3.93. The molecular weight excluding hydrogens is 224 g/mol. The average Bonchev–Trinajstić information content (AvgIpc) is 2.38. The smallest absolute Gasteiger partial charge is 0.0827 e. The van der Waals surface area contributed by atoms with Crippen LogP contribution in [-0.2, 0) is 0 Å². The number of hydrogen-bond donors (Lipinski definition) is 2. The number of aliphatic hydroxyl groups excluding tert-OH is 2. The second-order valence-electron chi connectivity index (χ2n) is 5.57. The van der Waals surface area contributed by atoms with Gasteiger partial charge in [0.1, 0.15) is 0 Å². The van der Waals surface area contributed by atoms with Gasteiger partial charge in [-0.05, 0) is 18.8 Å². The molecule has 2 heteroatoms. The first-order valence-corrected chi connectivity index (χ1v) is 8.03. The van der Waals surface area contributed by atoms with Crippen molar-refractivity contribution >= 4 is 0 Å². The zero-order valence-corrected chi connectivity index (χ0v) is 12.7. The Morgan fingerprint density at radius 1 is 0.722 bits per heavy atom. The highest BCUT2D eigenvalue weighted by Gasteiger charge is 2.23. The topological polar surface area (TPSA) is 40.5 Å². The quantitative estimate of drug-likeness (QED) is 0.513. The molecule has 110 valence electrons. The predicted molar refractivity (Wildman–Crippen MR) is 78.7 cm³/mol. The Morgan fingerprint density at radius 3 is 1.89 bits per heavy atom. The van der Waals surface area contributed by atoms with Crippen LogP contribution in [0.2, 0.25) is 0 Å². The lowest BCUT2D eigenvalue weighted by atomic mass is 9.88. The Bertz CT molecular complexity index is 170. The molecule has 0 spiro atoms. The molecule has 0 saturated heterocycles. The maximum atomic E-state index is 10.2. The van der Waals surface area contributed by atoms with Gasteiger partial charge >= 0.3 is 0 Å². The van der Waals surface area contributed by atoms with Crippen molar-refractivity contribution in [2.75, 3.05) is 0 Å². The maximum absolute atomic E-state index is 10.2. The zero-order chi connectivity index (χ0) is 13.8. The summed E-state index contributed by atoms with van der Waals surface area (Å²) in [4.78, 5) is 0. The summed E-state index contributed by atoms with van der Waals surface area (Å²) in [6.45, 7) is 6.49. The summed E-state index contributed by atoms with van der Waals surface area (Å²) in [5.74, 6) is 0.274. The molecule has 0 aromatic carbocycles. The van der Waals surface area contributed by atoms with E-state index in [-0.39, 0.29) is 5.92 Å². The van der Waals surface area contributed by atoms with E-state index in [1.807, 2.05) is 0 Å². The molecule has 3 atom stereocenters. The molecule has 2 nitrogen and oxygen atoms in total. The van der Waals surface area contributed by atoms with Crippen LogP contribution in [0.5, 0.6) is 0 Å². The van der Waals surface area contributed by atoms with E-state index in [1.54, 1.807) is 0 Å². The molecule has 2 N–H and O–H groups in total. The van der Waals surface area contributed by atoms with E-state index in [0.29, 0.717) is 0 Å². The van der Waals surface area contributed by atoms with Crippen LogP contribution in [0.25, 0.3) is 0 Å². The minimum atomic E-state index is -0.521. The van der Waals surface area contributed by atoms with Crippen molar-refractivity contribution in [2.45, 2.75) is 97.2 Å². The number of rotatable bonds is 12. The van der Waals surface area contributed by atoms with E-state index in [1.165, 1.54) is 25.7 Å². The molecule has 0 radical (unpaired) electrons. The van der Waals surface area contributed by atoms with Crippen LogP contribution in [0.3, 0.4) is 0 Å². The molecule has 0 aliphatic heterocycles. The molecule has 0 bridgehead atoms. The third-order valence-corrected chi connectivity index (χ3v) is 3.93. The van der Waals surface area contributed by atoms with Gasteiger partial charge in [0.25, 0.3) is 0 Å². The van der Waals surface area contributed by atoms with Crippen LogP contribution >= 0.6 is 0 Å². The van der Waals surface area contributed by atoms with Crippen molar-refractivity contribution in [1.82, 2.24) is 0 Å². The number of unbranched alkanes of at least 4 members (excludes halogenated alkanes) is 5. The molecule has 3 unspecified atom stereocenters. The lowest BCUT2D eigenvalue weighted by Crippen LogP contribution is -2.33. The molecule has 0 aliphatic rings. The Labute approximate surface area is 114 Å². The average molecular weight is 258 g/mol. The third kappa shape index (κ3) is 8.10. The Balaban J connectivity index is 3.80. The lowest BCUT2D eigenvalue weighted by molar-refractivity contribution is -0.0259. The molecule has 18 heavy (non-hydrogen) atoms. The molecule has 0 heterocycles. The fourth-order valence-electron chi connectivity index (χ4n) is 2.52. The molecule has 0 rings (SSSR count). The van der Waals surface area contributed by atoms with Crippen molar-refractivity contribution in [3.63, 3.8) is 0 Å². The molecule has 0 aromatic rings. The molecule has 0 fully saturated rings. The van der Waals surface area contributed by atoms with Crippen LogP contribution < -0.4 is 0 Å². The monoisotopic (exact) mass is 258 g/mol. The number of aliphatic hydroxyl groups is 2. The van der Waals surface area contributed by atoms with Crippen LogP contribution in [-0.4, -0.2) is 22.4 Å². The Hall–Kier alpha value is -0.0800. The van der Waals surface area contributed by atoms with Crippen molar-refractivity contribution in [1.29, 1.82) is 0 Å². The van der Waals surface area contributed by atoms with Gasteiger partial charge in [-0.25, -0.2) is 0 Å². The summed E-state index contributed by atoms with van der Waals surface area (Å²) in [6.07, 6.45) is 10.1. The highest BCUT2D eigenvalue weighted by atomic mass is 16.3. The van der Waals surface area contributed by atoms with Gasteiger partial charge in [-0.1, -0.05) is 72.1 Å². The van der Waals surface area contributed by atoms with E-state index in [2.05, 4.69) is 20.8 Å². The molecular formula is C16H34O2. The van der Waals surface area contributed by atoms with Crippen LogP contribution in [0.15, 0.2) is 0 Å². The fraction of sp³-hybridized carbons (Fsp3) is 1.00. The predicted octanol–water partition coefficient (Wildman–Crippen LogP) is 4.29. The van der Waals surface area contributed by atoms with Gasteiger partial charge in [-0.15, -0.1) is 0 Å². The SMILES string of the molecule is CCCCCCCC(O)C(O)C(CC)CCCC. The van der Waals surface area contributed by atoms with Crippen molar-refractivity contribution in [3.8, 4) is 0 Å². The highest BCUT2D eigenvalue weighted by Crippen LogP contribution is 2.21. The second kappa shape index (κ2) is 12.0. The van der Waals surface area contributed by atoms with Gasteiger partial charge in [-0.3, -0.25) is 0 Å². The summed E-state index contributed by atoms with van der Waals surface area (Å²) >= 11 is 0. The molecule has 0 aliphatic carbocycles.